The number of nitrogens with zero attached hydrogens (tertiary/aromatic N) is 3. The van der Waals surface area contributed by atoms with Gasteiger partial charge in [0.25, 0.3) is 0 Å². The van der Waals surface area contributed by atoms with Crippen molar-refractivity contribution in [2.75, 3.05) is 6.54 Å². The van der Waals surface area contributed by atoms with Crippen molar-refractivity contribution in [3.8, 4) is 0 Å². The van der Waals surface area contributed by atoms with E-state index in [1.54, 1.807) is 0 Å². The molecule has 0 spiro atoms. The van der Waals surface area contributed by atoms with Gasteiger partial charge in [-0.15, -0.1) is 0 Å². The summed E-state index contributed by atoms with van der Waals surface area (Å²) in [7, 11) is 0. The Kier molecular flexibility index (Phi) is 3.34. The molecule has 3 heterocycles. The predicted octanol–water partition coefficient (Wildman–Crippen LogP) is 2.66. The molecule has 0 amide bonds. The first kappa shape index (κ1) is 13.3. The fraction of sp³-hybridized carbons (Fsp3) is 0.500. The van der Waals surface area contributed by atoms with Crippen molar-refractivity contribution in [1.29, 1.82) is 0 Å². The molecule has 4 heteroatoms. The van der Waals surface area contributed by atoms with E-state index in [0.29, 0.717) is 0 Å². The van der Waals surface area contributed by atoms with E-state index in [2.05, 4.69) is 41.7 Å². The third kappa shape index (κ3) is 2.75. The summed E-state index contributed by atoms with van der Waals surface area (Å²) in [6.07, 6.45) is 5.04. The summed E-state index contributed by atoms with van der Waals surface area (Å²) in [5, 5.41) is 0. The third-order valence-electron chi connectivity index (χ3n) is 3.75. The zero-order chi connectivity index (χ0) is 14.2. The van der Waals surface area contributed by atoms with Gasteiger partial charge in [-0.25, -0.2) is 9.97 Å². The summed E-state index contributed by atoms with van der Waals surface area (Å²) in [4.78, 5) is 15.0. The molecule has 0 unspecified atom stereocenters. The highest BCUT2D eigenvalue weighted by molar-refractivity contribution is 5.22. The maximum absolute atomic E-state index is 4.80. The molecule has 1 aliphatic rings. The summed E-state index contributed by atoms with van der Waals surface area (Å²) in [6.45, 7) is 9.43. The lowest BCUT2D eigenvalue weighted by atomic mass is 9.95. The zero-order valence-electron chi connectivity index (χ0n) is 12.5. The molecule has 0 saturated heterocycles. The second-order valence-corrected chi connectivity index (χ2v) is 6.57. The predicted molar refractivity (Wildman–Crippen MR) is 79.3 cm³/mol. The van der Waals surface area contributed by atoms with Gasteiger partial charge in [-0.2, -0.15) is 0 Å². The lowest BCUT2D eigenvalue weighted by Crippen LogP contribution is -2.32. The average Bonchev–Trinajstić information content (AvgIpc) is 2.90. The van der Waals surface area contributed by atoms with Crippen LogP contribution in [0.3, 0.4) is 0 Å². The van der Waals surface area contributed by atoms with Gasteiger partial charge in [0, 0.05) is 43.1 Å². The minimum absolute atomic E-state index is 0.0107. The van der Waals surface area contributed by atoms with Crippen molar-refractivity contribution in [1.82, 2.24) is 19.9 Å². The van der Waals surface area contributed by atoms with E-state index < -0.39 is 0 Å². The molecule has 0 aromatic carbocycles. The molecule has 20 heavy (non-hydrogen) atoms. The second kappa shape index (κ2) is 5.02. The normalized spacial score (nSPS) is 16.1. The van der Waals surface area contributed by atoms with Gasteiger partial charge in [-0.3, -0.25) is 4.90 Å². The van der Waals surface area contributed by atoms with E-state index in [9.17, 15) is 0 Å². The van der Waals surface area contributed by atoms with Gasteiger partial charge in [0.15, 0.2) is 0 Å². The van der Waals surface area contributed by atoms with E-state index in [1.807, 2.05) is 18.5 Å². The number of hydrogen-bond donors (Lipinski definition) is 1. The van der Waals surface area contributed by atoms with Gasteiger partial charge in [0.2, 0.25) is 0 Å². The number of H-pyrrole nitrogens is 1. The summed E-state index contributed by atoms with van der Waals surface area (Å²) >= 11 is 0. The minimum Gasteiger partial charge on any atom is -0.364 e. The van der Waals surface area contributed by atoms with Gasteiger partial charge < -0.3 is 4.98 Å². The Hall–Kier alpha value is -1.68. The van der Waals surface area contributed by atoms with Gasteiger partial charge >= 0.3 is 0 Å². The third-order valence-corrected chi connectivity index (χ3v) is 3.75. The molecule has 0 aliphatic carbocycles. The first-order valence-electron chi connectivity index (χ1n) is 7.22. The van der Waals surface area contributed by atoms with Crippen molar-refractivity contribution in [2.45, 2.75) is 45.7 Å². The van der Waals surface area contributed by atoms with E-state index in [0.717, 1.165) is 31.9 Å². The Morgan fingerprint density at radius 1 is 1.35 bits per heavy atom. The first-order chi connectivity index (χ1) is 9.52. The molecule has 2 aromatic heterocycles. The molecule has 1 N–H and O–H groups in total. The number of rotatable bonds is 2. The molecule has 4 nitrogen and oxygen atoms in total. The molecule has 0 bridgehead atoms. The van der Waals surface area contributed by atoms with Crippen LogP contribution in [-0.2, 0) is 24.9 Å². The summed E-state index contributed by atoms with van der Waals surface area (Å²) < 4.78 is 0. The average molecular weight is 270 g/mol. The van der Waals surface area contributed by atoms with Crippen LogP contribution in [0, 0.1) is 0 Å². The zero-order valence-corrected chi connectivity index (χ0v) is 12.5. The summed E-state index contributed by atoms with van der Waals surface area (Å²) in [5.74, 6) is 0.943. The van der Waals surface area contributed by atoms with Crippen molar-refractivity contribution in [3.63, 3.8) is 0 Å². The smallest absolute Gasteiger partial charge is 0.133 e. The molecule has 106 valence electrons. The van der Waals surface area contributed by atoms with Crippen molar-refractivity contribution < 1.29 is 0 Å². The largest absolute Gasteiger partial charge is 0.364 e. The Morgan fingerprint density at radius 3 is 2.90 bits per heavy atom. The standard InChI is InChI=1S/C16H22N4/c1-16(2,3)15-18-9-12-6-8-20(11-14(12)19-15)10-13-5-4-7-17-13/h4-5,7,9,17H,6,8,10-11H2,1-3H3. The first-order valence-corrected chi connectivity index (χ1v) is 7.22. The van der Waals surface area contributed by atoms with Gasteiger partial charge in [0.05, 0.1) is 5.69 Å². The molecular weight excluding hydrogens is 248 g/mol. The van der Waals surface area contributed by atoms with Crippen LogP contribution in [0.2, 0.25) is 0 Å². The molecule has 1 aliphatic heterocycles. The monoisotopic (exact) mass is 270 g/mol. The number of aromatic amines is 1. The fourth-order valence-corrected chi connectivity index (χ4v) is 2.56. The molecule has 0 saturated carbocycles. The number of nitrogens with one attached hydrogen (secondary N) is 1. The van der Waals surface area contributed by atoms with Gasteiger partial charge in [0.1, 0.15) is 5.82 Å². The lowest BCUT2D eigenvalue weighted by Gasteiger charge is -2.28. The molecular formula is C16H22N4. The van der Waals surface area contributed by atoms with Crippen LogP contribution >= 0.6 is 0 Å². The molecule has 0 fully saturated rings. The number of hydrogen-bond acceptors (Lipinski definition) is 3. The van der Waals surface area contributed by atoms with Crippen molar-refractivity contribution >= 4 is 0 Å². The van der Waals surface area contributed by atoms with Crippen molar-refractivity contribution in [2.24, 2.45) is 0 Å². The Balaban J connectivity index is 1.79. The van der Waals surface area contributed by atoms with E-state index >= 15 is 0 Å². The van der Waals surface area contributed by atoms with Crippen LogP contribution in [0.15, 0.2) is 24.5 Å². The van der Waals surface area contributed by atoms with Crippen LogP contribution in [0.1, 0.15) is 43.5 Å². The Labute approximate surface area is 120 Å². The maximum atomic E-state index is 4.80. The SMILES string of the molecule is CC(C)(C)c1ncc2c(n1)CN(Cc1ccc[nH]1)CC2. The minimum atomic E-state index is 0.0107. The van der Waals surface area contributed by atoms with Gasteiger partial charge in [-0.05, 0) is 24.1 Å². The van der Waals surface area contributed by atoms with E-state index in [-0.39, 0.29) is 5.41 Å². The quantitative estimate of drug-likeness (QED) is 0.912. The summed E-state index contributed by atoms with van der Waals surface area (Å²) in [5.41, 5.74) is 3.78. The maximum Gasteiger partial charge on any atom is 0.133 e. The van der Waals surface area contributed by atoms with E-state index in [4.69, 9.17) is 4.98 Å². The van der Waals surface area contributed by atoms with Crippen LogP contribution in [-0.4, -0.2) is 26.4 Å². The Bertz CT molecular complexity index is 581. The molecule has 0 atom stereocenters. The highest BCUT2D eigenvalue weighted by atomic mass is 15.1. The van der Waals surface area contributed by atoms with Crippen LogP contribution < -0.4 is 0 Å². The molecule has 3 rings (SSSR count). The van der Waals surface area contributed by atoms with E-state index in [1.165, 1.54) is 17.0 Å². The van der Waals surface area contributed by atoms with Crippen LogP contribution in [0.5, 0.6) is 0 Å². The van der Waals surface area contributed by atoms with Crippen LogP contribution in [0.25, 0.3) is 0 Å². The molecule has 2 aromatic rings. The highest BCUT2D eigenvalue weighted by Crippen LogP contribution is 2.23. The second-order valence-electron chi connectivity index (χ2n) is 6.57. The fourth-order valence-electron chi connectivity index (χ4n) is 2.56. The number of fused-ring (bicyclic) bond motifs is 1. The highest BCUT2D eigenvalue weighted by Gasteiger charge is 2.22. The van der Waals surface area contributed by atoms with Crippen LogP contribution in [0.4, 0.5) is 0 Å². The molecule has 0 radical (unpaired) electrons. The lowest BCUT2D eigenvalue weighted by molar-refractivity contribution is 0.237. The Morgan fingerprint density at radius 2 is 2.20 bits per heavy atom. The summed E-state index contributed by atoms with van der Waals surface area (Å²) in [6, 6.07) is 4.18. The topological polar surface area (TPSA) is 44.8 Å². The number of aromatic nitrogens is 3. The van der Waals surface area contributed by atoms with Gasteiger partial charge in [-0.1, -0.05) is 20.8 Å². The van der Waals surface area contributed by atoms with Crippen molar-refractivity contribution in [3.05, 3.63) is 47.3 Å².